The third kappa shape index (κ3) is 1.34. The predicted molar refractivity (Wildman–Crippen MR) is 47.3 cm³/mol. The Bertz CT molecular complexity index is 269. The Balaban J connectivity index is 3.24. The van der Waals surface area contributed by atoms with Crippen molar-refractivity contribution in [2.24, 2.45) is 0 Å². The highest BCUT2D eigenvalue weighted by molar-refractivity contribution is 5.67. The van der Waals surface area contributed by atoms with Crippen LogP contribution in [0.2, 0.25) is 0 Å². The Morgan fingerprint density at radius 1 is 1.45 bits per heavy atom. The maximum absolute atomic E-state index is 5.68. The maximum Gasteiger partial charge on any atom is 0.151 e. The van der Waals surface area contributed by atoms with Gasteiger partial charge >= 0.3 is 0 Å². The number of nitrogens with zero attached hydrogens (tertiary/aromatic N) is 1. The van der Waals surface area contributed by atoms with Crippen LogP contribution >= 0.6 is 0 Å². The van der Waals surface area contributed by atoms with E-state index in [-0.39, 0.29) is 0 Å². The first-order chi connectivity index (χ1) is 5.15. The molecule has 60 valence electrons. The first-order valence-corrected chi connectivity index (χ1v) is 3.35. The van der Waals surface area contributed by atoms with Crippen LogP contribution in [0.25, 0.3) is 0 Å². The number of pyridine rings is 1. The first kappa shape index (κ1) is 7.65. The second-order valence-electron chi connectivity index (χ2n) is 2.38. The zero-order valence-electron chi connectivity index (χ0n) is 6.68. The van der Waals surface area contributed by atoms with E-state index in [4.69, 9.17) is 11.5 Å². The number of nitrogens with one attached hydrogen (secondary N) is 1. The van der Waals surface area contributed by atoms with Crippen LogP contribution in [-0.4, -0.2) is 12.0 Å². The summed E-state index contributed by atoms with van der Waals surface area (Å²) in [7, 11) is 1.76. The van der Waals surface area contributed by atoms with E-state index in [1.807, 2.05) is 6.92 Å². The lowest BCUT2D eigenvalue weighted by Gasteiger charge is -2.06. The number of aromatic nitrogens is 1. The summed E-state index contributed by atoms with van der Waals surface area (Å²) in [5.41, 5.74) is 12.8. The van der Waals surface area contributed by atoms with E-state index in [0.717, 1.165) is 5.56 Å². The first-order valence-electron chi connectivity index (χ1n) is 3.35. The predicted octanol–water partition coefficient (Wildman–Crippen LogP) is 0.596. The molecule has 1 aromatic rings. The molecule has 0 saturated heterocycles. The molecule has 0 amide bonds. The van der Waals surface area contributed by atoms with E-state index in [1.165, 1.54) is 0 Å². The van der Waals surface area contributed by atoms with Gasteiger partial charge in [0.05, 0.1) is 5.69 Å². The Morgan fingerprint density at radius 2 is 2.09 bits per heavy atom. The van der Waals surface area contributed by atoms with E-state index in [9.17, 15) is 0 Å². The Hall–Kier alpha value is -1.45. The zero-order chi connectivity index (χ0) is 8.43. The monoisotopic (exact) mass is 152 g/mol. The van der Waals surface area contributed by atoms with Gasteiger partial charge in [0.2, 0.25) is 0 Å². The lowest BCUT2D eigenvalue weighted by atomic mass is 10.2. The molecule has 1 heterocycles. The number of nitrogens with two attached hydrogens (primary N) is 2. The number of hydrogen-bond acceptors (Lipinski definition) is 4. The van der Waals surface area contributed by atoms with Gasteiger partial charge in [-0.05, 0) is 18.6 Å². The van der Waals surface area contributed by atoms with E-state index in [0.29, 0.717) is 17.3 Å². The minimum Gasteiger partial charge on any atom is -0.396 e. The van der Waals surface area contributed by atoms with Crippen molar-refractivity contribution >= 4 is 17.3 Å². The quantitative estimate of drug-likeness (QED) is 0.550. The van der Waals surface area contributed by atoms with Crippen molar-refractivity contribution in [2.45, 2.75) is 6.92 Å². The van der Waals surface area contributed by atoms with Gasteiger partial charge in [0.15, 0.2) is 5.82 Å². The van der Waals surface area contributed by atoms with Gasteiger partial charge in [-0.25, -0.2) is 4.98 Å². The summed E-state index contributed by atoms with van der Waals surface area (Å²) in [5, 5.41) is 2.86. The van der Waals surface area contributed by atoms with E-state index >= 15 is 0 Å². The fraction of sp³-hybridized carbons (Fsp3) is 0.286. The minimum absolute atomic E-state index is 0.487. The number of aryl methyl sites for hydroxylation is 1. The van der Waals surface area contributed by atoms with Crippen molar-refractivity contribution in [2.75, 3.05) is 23.8 Å². The van der Waals surface area contributed by atoms with Gasteiger partial charge in [-0.3, -0.25) is 0 Å². The summed E-state index contributed by atoms with van der Waals surface area (Å²) in [6.45, 7) is 1.90. The van der Waals surface area contributed by atoms with Crippen LogP contribution < -0.4 is 16.8 Å². The average molecular weight is 152 g/mol. The van der Waals surface area contributed by atoms with Gasteiger partial charge in [-0.15, -0.1) is 0 Å². The number of rotatable bonds is 1. The van der Waals surface area contributed by atoms with Crippen molar-refractivity contribution in [1.82, 2.24) is 4.98 Å². The van der Waals surface area contributed by atoms with Crippen LogP contribution in [0, 0.1) is 6.92 Å². The molecule has 0 unspecified atom stereocenters. The normalized spacial score (nSPS) is 9.64. The van der Waals surface area contributed by atoms with Crippen LogP contribution in [0.5, 0.6) is 0 Å². The number of hydrogen-bond donors (Lipinski definition) is 3. The minimum atomic E-state index is 0.487. The van der Waals surface area contributed by atoms with Crippen LogP contribution in [0.1, 0.15) is 5.56 Å². The van der Waals surface area contributed by atoms with Crippen LogP contribution in [0.4, 0.5) is 17.3 Å². The molecular formula is C7H12N4. The third-order valence-electron chi connectivity index (χ3n) is 1.52. The van der Waals surface area contributed by atoms with Gasteiger partial charge in [0.1, 0.15) is 5.82 Å². The highest BCUT2D eigenvalue weighted by Gasteiger charge is 2.02. The molecule has 11 heavy (non-hydrogen) atoms. The summed E-state index contributed by atoms with van der Waals surface area (Å²) in [4.78, 5) is 3.99. The van der Waals surface area contributed by atoms with Crippen molar-refractivity contribution in [3.63, 3.8) is 0 Å². The van der Waals surface area contributed by atoms with Gasteiger partial charge in [-0.1, -0.05) is 0 Å². The molecule has 0 fully saturated rings. The van der Waals surface area contributed by atoms with Crippen molar-refractivity contribution < 1.29 is 0 Å². The Labute approximate surface area is 65.6 Å². The molecule has 0 aliphatic heterocycles. The Kier molecular flexibility index (Phi) is 1.85. The van der Waals surface area contributed by atoms with Crippen LogP contribution in [0.15, 0.2) is 6.07 Å². The number of anilines is 3. The van der Waals surface area contributed by atoms with Gasteiger partial charge in [0.25, 0.3) is 0 Å². The summed E-state index contributed by atoms with van der Waals surface area (Å²) < 4.78 is 0. The fourth-order valence-electron chi connectivity index (χ4n) is 0.899. The zero-order valence-corrected chi connectivity index (χ0v) is 6.68. The van der Waals surface area contributed by atoms with Crippen molar-refractivity contribution in [3.8, 4) is 0 Å². The lowest BCUT2D eigenvalue weighted by Crippen LogP contribution is -2.03. The summed E-state index contributed by atoms with van der Waals surface area (Å²) in [6.07, 6.45) is 0. The third-order valence-corrected chi connectivity index (χ3v) is 1.52. The molecular weight excluding hydrogens is 140 g/mol. The molecule has 1 aromatic heterocycles. The van der Waals surface area contributed by atoms with Gasteiger partial charge in [0, 0.05) is 7.05 Å². The SMILES string of the molecule is CNc1nc(N)cc(C)c1N. The molecule has 0 aliphatic carbocycles. The smallest absolute Gasteiger partial charge is 0.151 e. The standard InChI is InChI=1S/C7H12N4/c1-4-3-5(8)11-7(10-2)6(4)9/h3H,9H2,1-2H3,(H3,8,10,11). The fourth-order valence-corrected chi connectivity index (χ4v) is 0.899. The summed E-state index contributed by atoms with van der Waals surface area (Å²) in [5.74, 6) is 1.13. The molecule has 1 rings (SSSR count). The maximum atomic E-state index is 5.68. The molecule has 0 aliphatic rings. The molecule has 0 spiro atoms. The Morgan fingerprint density at radius 3 is 2.64 bits per heavy atom. The van der Waals surface area contributed by atoms with Crippen LogP contribution in [-0.2, 0) is 0 Å². The molecule has 4 heteroatoms. The van der Waals surface area contributed by atoms with Crippen molar-refractivity contribution in [1.29, 1.82) is 0 Å². The molecule has 5 N–H and O–H groups in total. The number of nitrogen functional groups attached to an aromatic ring is 2. The molecule has 0 atom stereocenters. The molecule has 0 radical (unpaired) electrons. The van der Waals surface area contributed by atoms with E-state index < -0.39 is 0 Å². The topological polar surface area (TPSA) is 77.0 Å². The average Bonchev–Trinajstić information content (AvgIpc) is 1.96. The van der Waals surface area contributed by atoms with Gasteiger partial charge in [-0.2, -0.15) is 0 Å². The molecule has 0 saturated carbocycles. The highest BCUT2D eigenvalue weighted by Crippen LogP contribution is 2.20. The largest absolute Gasteiger partial charge is 0.396 e. The lowest BCUT2D eigenvalue weighted by molar-refractivity contribution is 1.27. The molecule has 0 bridgehead atoms. The summed E-state index contributed by atoms with van der Waals surface area (Å²) >= 11 is 0. The van der Waals surface area contributed by atoms with Crippen LogP contribution in [0.3, 0.4) is 0 Å². The van der Waals surface area contributed by atoms with E-state index in [1.54, 1.807) is 13.1 Å². The second kappa shape index (κ2) is 2.65. The van der Waals surface area contributed by atoms with Gasteiger partial charge < -0.3 is 16.8 Å². The van der Waals surface area contributed by atoms with Crippen molar-refractivity contribution in [3.05, 3.63) is 11.6 Å². The molecule has 0 aromatic carbocycles. The summed E-state index contributed by atoms with van der Waals surface area (Å²) in [6, 6.07) is 1.75. The highest BCUT2D eigenvalue weighted by atomic mass is 15.0. The molecule has 4 nitrogen and oxygen atoms in total. The van der Waals surface area contributed by atoms with E-state index in [2.05, 4.69) is 10.3 Å². The second-order valence-corrected chi connectivity index (χ2v) is 2.38.